The molecular formula is C22H20N4OS. The number of rotatable bonds is 4. The number of hydrogen-bond acceptors (Lipinski definition) is 5. The highest BCUT2D eigenvalue weighted by Crippen LogP contribution is 2.33. The normalized spacial score (nSPS) is 10.8. The van der Waals surface area contributed by atoms with Gasteiger partial charge in [-0.15, -0.1) is 0 Å². The van der Waals surface area contributed by atoms with E-state index in [-0.39, 0.29) is 5.91 Å². The highest BCUT2D eigenvalue weighted by Gasteiger charge is 2.14. The van der Waals surface area contributed by atoms with Crippen molar-refractivity contribution in [3.8, 4) is 10.6 Å². The number of pyridine rings is 1. The van der Waals surface area contributed by atoms with Crippen LogP contribution in [0.4, 0.5) is 11.4 Å². The van der Waals surface area contributed by atoms with Gasteiger partial charge in [0.2, 0.25) is 0 Å². The third-order valence-corrected chi connectivity index (χ3v) is 5.62. The number of benzene rings is 2. The number of carbonyl (C=O) groups excluding carboxylic acids is 1. The predicted molar refractivity (Wildman–Crippen MR) is 116 cm³/mol. The van der Waals surface area contributed by atoms with E-state index in [0.717, 1.165) is 37.9 Å². The van der Waals surface area contributed by atoms with Crippen LogP contribution in [0.1, 0.15) is 15.9 Å². The summed E-state index contributed by atoms with van der Waals surface area (Å²) in [5.74, 6) is -0.130. The van der Waals surface area contributed by atoms with Gasteiger partial charge in [0.05, 0.1) is 0 Å². The maximum Gasteiger partial charge on any atom is 0.255 e. The second-order valence-corrected chi connectivity index (χ2v) is 7.70. The fraction of sp³-hybridized carbons (Fsp3) is 0.136. The Hall–Kier alpha value is -3.25. The maximum atomic E-state index is 12.8. The number of fused-ring (bicyclic) bond motifs is 1. The number of nitrogens with one attached hydrogen (secondary N) is 1. The van der Waals surface area contributed by atoms with E-state index < -0.39 is 0 Å². The first-order chi connectivity index (χ1) is 13.5. The minimum absolute atomic E-state index is 0.130. The molecular weight excluding hydrogens is 368 g/mol. The van der Waals surface area contributed by atoms with E-state index in [4.69, 9.17) is 4.98 Å². The van der Waals surface area contributed by atoms with E-state index in [0.29, 0.717) is 5.56 Å². The number of anilines is 2. The summed E-state index contributed by atoms with van der Waals surface area (Å²) < 4.78 is 0. The minimum Gasteiger partial charge on any atom is -0.378 e. The summed E-state index contributed by atoms with van der Waals surface area (Å²) in [7, 11) is 3.91. The minimum atomic E-state index is -0.130. The molecule has 0 bridgehead atoms. The van der Waals surface area contributed by atoms with E-state index in [1.54, 1.807) is 17.5 Å². The Morgan fingerprint density at radius 2 is 1.89 bits per heavy atom. The number of thiazole rings is 1. The topological polar surface area (TPSA) is 58.1 Å². The van der Waals surface area contributed by atoms with Gasteiger partial charge in [-0.25, -0.2) is 9.97 Å². The first kappa shape index (κ1) is 18.1. The van der Waals surface area contributed by atoms with Gasteiger partial charge in [0, 0.05) is 42.8 Å². The van der Waals surface area contributed by atoms with Crippen molar-refractivity contribution in [1.29, 1.82) is 0 Å². The van der Waals surface area contributed by atoms with Crippen LogP contribution in [0.25, 0.3) is 20.9 Å². The lowest BCUT2D eigenvalue weighted by Gasteiger charge is -2.14. The van der Waals surface area contributed by atoms with Crippen LogP contribution in [0.15, 0.2) is 60.8 Å². The molecule has 4 rings (SSSR count). The van der Waals surface area contributed by atoms with Gasteiger partial charge in [0.25, 0.3) is 5.91 Å². The van der Waals surface area contributed by atoms with Gasteiger partial charge in [0.1, 0.15) is 15.4 Å². The zero-order chi connectivity index (χ0) is 19.7. The number of amides is 1. The van der Waals surface area contributed by atoms with E-state index in [9.17, 15) is 4.79 Å². The second kappa shape index (κ2) is 7.40. The Morgan fingerprint density at radius 1 is 1.07 bits per heavy atom. The van der Waals surface area contributed by atoms with Gasteiger partial charge in [0.15, 0.2) is 0 Å². The van der Waals surface area contributed by atoms with Gasteiger partial charge in [-0.1, -0.05) is 29.5 Å². The summed E-state index contributed by atoms with van der Waals surface area (Å²) in [4.78, 5) is 24.7. The lowest BCUT2D eigenvalue weighted by molar-refractivity contribution is 0.102. The Balaban J connectivity index is 1.65. The summed E-state index contributed by atoms with van der Waals surface area (Å²) in [6, 6.07) is 17.3. The quantitative estimate of drug-likeness (QED) is 0.535. The third-order valence-electron chi connectivity index (χ3n) is 4.60. The molecule has 0 fully saturated rings. The predicted octanol–water partition coefficient (Wildman–Crippen LogP) is 4.99. The summed E-state index contributed by atoms with van der Waals surface area (Å²) in [5, 5.41) is 3.94. The molecule has 2 aromatic carbocycles. The molecule has 2 aromatic heterocycles. The van der Waals surface area contributed by atoms with Crippen molar-refractivity contribution in [2.45, 2.75) is 6.92 Å². The lowest BCUT2D eigenvalue weighted by Crippen LogP contribution is -2.15. The van der Waals surface area contributed by atoms with Crippen LogP contribution >= 0.6 is 11.3 Å². The average molecular weight is 388 g/mol. The molecule has 6 heteroatoms. The molecule has 0 radical (unpaired) electrons. The summed E-state index contributed by atoms with van der Waals surface area (Å²) >= 11 is 1.55. The first-order valence-electron chi connectivity index (χ1n) is 8.93. The monoisotopic (exact) mass is 388 g/mol. The van der Waals surface area contributed by atoms with Gasteiger partial charge < -0.3 is 10.2 Å². The molecule has 5 nitrogen and oxygen atoms in total. The Morgan fingerprint density at radius 3 is 2.68 bits per heavy atom. The average Bonchev–Trinajstić information content (AvgIpc) is 3.13. The summed E-state index contributed by atoms with van der Waals surface area (Å²) in [5.41, 5.74) is 5.27. The zero-order valence-electron chi connectivity index (χ0n) is 15.9. The van der Waals surface area contributed by atoms with Crippen LogP contribution in [-0.4, -0.2) is 30.0 Å². The number of carbonyl (C=O) groups is 1. The molecule has 0 aliphatic carbocycles. The largest absolute Gasteiger partial charge is 0.378 e. The molecule has 0 spiro atoms. The van der Waals surface area contributed by atoms with Crippen molar-refractivity contribution in [2.24, 2.45) is 0 Å². The Labute approximate surface area is 167 Å². The second-order valence-electron chi connectivity index (χ2n) is 6.72. The van der Waals surface area contributed by atoms with Crippen LogP contribution in [0.3, 0.4) is 0 Å². The highest BCUT2D eigenvalue weighted by atomic mass is 32.1. The van der Waals surface area contributed by atoms with Gasteiger partial charge in [-0.05, 0) is 48.9 Å². The molecule has 0 saturated heterocycles. The number of nitrogens with zero attached hydrogens (tertiary/aromatic N) is 3. The molecule has 1 N–H and O–H groups in total. The number of aromatic nitrogens is 2. The van der Waals surface area contributed by atoms with Crippen LogP contribution in [0.2, 0.25) is 0 Å². The van der Waals surface area contributed by atoms with Crippen LogP contribution in [0, 0.1) is 6.92 Å². The maximum absolute atomic E-state index is 12.8. The van der Waals surface area contributed by atoms with E-state index in [2.05, 4.69) is 10.3 Å². The molecule has 0 aliphatic rings. The fourth-order valence-corrected chi connectivity index (χ4v) is 4.00. The Bertz CT molecular complexity index is 1130. The smallest absolute Gasteiger partial charge is 0.255 e. The zero-order valence-corrected chi connectivity index (χ0v) is 16.7. The number of hydrogen-bond donors (Lipinski definition) is 1. The van der Waals surface area contributed by atoms with Crippen molar-refractivity contribution in [2.75, 3.05) is 24.3 Å². The molecule has 28 heavy (non-hydrogen) atoms. The molecule has 0 aliphatic heterocycles. The molecule has 0 saturated carbocycles. The molecule has 140 valence electrons. The Kier molecular flexibility index (Phi) is 4.79. The first-order valence-corrected chi connectivity index (χ1v) is 9.75. The lowest BCUT2D eigenvalue weighted by atomic mass is 10.1. The fourth-order valence-electron chi connectivity index (χ4n) is 3.01. The summed E-state index contributed by atoms with van der Waals surface area (Å²) in [6.07, 6.45) is 1.77. The van der Waals surface area contributed by atoms with Gasteiger partial charge in [-0.3, -0.25) is 4.79 Å². The van der Waals surface area contributed by atoms with Crippen molar-refractivity contribution in [3.63, 3.8) is 0 Å². The van der Waals surface area contributed by atoms with Crippen LogP contribution < -0.4 is 10.2 Å². The highest BCUT2D eigenvalue weighted by molar-refractivity contribution is 7.21. The van der Waals surface area contributed by atoms with Crippen LogP contribution in [0.5, 0.6) is 0 Å². The van der Waals surface area contributed by atoms with E-state index in [1.165, 1.54) is 0 Å². The molecule has 4 aromatic rings. The van der Waals surface area contributed by atoms with Gasteiger partial charge in [-0.2, -0.15) is 0 Å². The van der Waals surface area contributed by atoms with E-state index in [1.807, 2.05) is 80.5 Å². The van der Waals surface area contributed by atoms with Crippen molar-refractivity contribution < 1.29 is 4.79 Å². The van der Waals surface area contributed by atoms with Gasteiger partial charge >= 0.3 is 0 Å². The molecule has 2 heterocycles. The molecule has 1 amide bonds. The summed E-state index contributed by atoms with van der Waals surface area (Å²) in [6.45, 7) is 2.00. The third kappa shape index (κ3) is 3.46. The van der Waals surface area contributed by atoms with Crippen molar-refractivity contribution >= 4 is 39.0 Å². The van der Waals surface area contributed by atoms with Crippen LogP contribution in [-0.2, 0) is 0 Å². The molecule has 0 unspecified atom stereocenters. The van der Waals surface area contributed by atoms with E-state index >= 15 is 0 Å². The SMILES string of the molecule is Cc1c(NC(=O)c2cccc(N(C)C)c2)cccc1-c1nc2cccnc2s1. The van der Waals surface area contributed by atoms with Crippen molar-refractivity contribution in [1.82, 2.24) is 9.97 Å². The molecule has 0 atom stereocenters. The van der Waals surface area contributed by atoms with Crippen molar-refractivity contribution in [3.05, 3.63) is 71.9 Å². The standard InChI is InChI=1S/C22H20N4OS/c1-14-17(21-25-19-11-6-12-23-22(19)28-21)9-5-10-18(14)24-20(27)15-7-4-8-16(13-15)26(2)3/h4-13H,1-3H3,(H,24,27).